The maximum atomic E-state index is 10.0. The maximum absolute atomic E-state index is 10.0. The second-order valence-corrected chi connectivity index (χ2v) is 2.49. The van der Waals surface area contributed by atoms with Crippen molar-refractivity contribution in [1.82, 2.24) is 4.98 Å². The van der Waals surface area contributed by atoms with Gasteiger partial charge in [-0.15, -0.1) is 11.3 Å². The van der Waals surface area contributed by atoms with Crippen molar-refractivity contribution in [3.8, 4) is 0 Å². The van der Waals surface area contributed by atoms with E-state index in [4.69, 9.17) is 10.0 Å². The lowest BCUT2D eigenvalue weighted by Crippen LogP contribution is -2.30. The number of aldehydes is 1. The van der Waals surface area contributed by atoms with Gasteiger partial charge in [0, 0.05) is 5.38 Å². The molecule has 0 unspecified atom stereocenters. The van der Waals surface area contributed by atoms with Crippen LogP contribution in [-0.2, 0) is 0 Å². The van der Waals surface area contributed by atoms with Crippen molar-refractivity contribution in [2.45, 2.75) is 0 Å². The molecule has 1 heterocycles. The van der Waals surface area contributed by atoms with Crippen LogP contribution in [0.3, 0.4) is 0 Å². The second kappa shape index (κ2) is 2.91. The number of carbonyl (C=O) groups excluding carboxylic acids is 1. The SMILES string of the molecule is O=Cc1nc(B(O)O)cs1. The van der Waals surface area contributed by atoms with E-state index >= 15 is 0 Å². The van der Waals surface area contributed by atoms with Crippen molar-refractivity contribution >= 4 is 30.3 Å². The zero-order valence-electron chi connectivity index (χ0n) is 4.89. The van der Waals surface area contributed by atoms with Crippen LogP contribution < -0.4 is 5.59 Å². The highest BCUT2D eigenvalue weighted by Crippen LogP contribution is 1.97. The fourth-order valence-electron chi connectivity index (χ4n) is 0.473. The molecule has 0 aliphatic heterocycles. The van der Waals surface area contributed by atoms with Crippen LogP contribution in [0.1, 0.15) is 9.80 Å². The lowest BCUT2D eigenvalue weighted by molar-refractivity contribution is 0.112. The Morgan fingerprint density at radius 3 is 2.70 bits per heavy atom. The molecule has 6 heteroatoms. The van der Waals surface area contributed by atoms with Crippen molar-refractivity contribution in [1.29, 1.82) is 0 Å². The van der Waals surface area contributed by atoms with E-state index in [9.17, 15) is 4.79 Å². The van der Waals surface area contributed by atoms with Crippen molar-refractivity contribution in [3.63, 3.8) is 0 Å². The number of hydrogen-bond donors (Lipinski definition) is 2. The molecule has 10 heavy (non-hydrogen) atoms. The lowest BCUT2D eigenvalue weighted by Gasteiger charge is -1.86. The molecule has 0 aliphatic carbocycles. The van der Waals surface area contributed by atoms with Crippen molar-refractivity contribution in [2.24, 2.45) is 0 Å². The quantitative estimate of drug-likeness (QED) is 0.410. The third-order valence-electron chi connectivity index (χ3n) is 0.905. The van der Waals surface area contributed by atoms with Gasteiger partial charge in [0.05, 0.1) is 5.59 Å². The smallest absolute Gasteiger partial charge is 0.422 e. The van der Waals surface area contributed by atoms with Gasteiger partial charge in [0.25, 0.3) is 0 Å². The largest absolute Gasteiger partial charge is 0.509 e. The second-order valence-electron chi connectivity index (χ2n) is 1.60. The number of thiazole rings is 1. The first-order chi connectivity index (χ1) is 4.74. The third-order valence-corrected chi connectivity index (χ3v) is 1.69. The first-order valence-corrected chi connectivity index (χ1v) is 3.38. The van der Waals surface area contributed by atoms with Crippen LogP contribution in [0.15, 0.2) is 5.38 Å². The van der Waals surface area contributed by atoms with Gasteiger partial charge < -0.3 is 10.0 Å². The Kier molecular flexibility index (Phi) is 2.15. The molecule has 0 saturated heterocycles. The van der Waals surface area contributed by atoms with Crippen molar-refractivity contribution in [2.75, 3.05) is 0 Å². The Morgan fingerprint density at radius 1 is 1.70 bits per heavy atom. The van der Waals surface area contributed by atoms with E-state index in [0.29, 0.717) is 6.29 Å². The molecule has 1 aromatic heterocycles. The van der Waals surface area contributed by atoms with Crippen LogP contribution in [0.5, 0.6) is 0 Å². The highest BCUT2D eigenvalue weighted by molar-refractivity contribution is 7.12. The summed E-state index contributed by atoms with van der Waals surface area (Å²) in [6.45, 7) is 0. The summed E-state index contributed by atoms with van der Waals surface area (Å²) in [6, 6.07) is 0. The number of hydrogen-bond acceptors (Lipinski definition) is 5. The summed E-state index contributed by atoms with van der Waals surface area (Å²) in [4.78, 5) is 13.6. The van der Waals surface area contributed by atoms with Crippen LogP contribution in [0, 0.1) is 0 Å². The van der Waals surface area contributed by atoms with Crippen LogP contribution in [-0.4, -0.2) is 28.4 Å². The first kappa shape index (κ1) is 7.39. The summed E-state index contributed by atoms with van der Waals surface area (Å²) in [5.41, 5.74) is 0.118. The number of carbonyl (C=O) groups is 1. The number of nitrogens with zero attached hydrogens (tertiary/aromatic N) is 1. The Hall–Kier alpha value is -0.715. The van der Waals surface area contributed by atoms with E-state index < -0.39 is 7.12 Å². The van der Waals surface area contributed by atoms with Crippen molar-refractivity contribution in [3.05, 3.63) is 10.4 Å². The fraction of sp³-hybridized carbons (Fsp3) is 0. The summed E-state index contributed by atoms with van der Waals surface area (Å²) < 4.78 is 0. The monoisotopic (exact) mass is 157 g/mol. The molecule has 0 saturated carbocycles. The van der Waals surface area contributed by atoms with Gasteiger partial charge in [-0.25, -0.2) is 4.98 Å². The van der Waals surface area contributed by atoms with Gasteiger partial charge in [-0.3, -0.25) is 4.79 Å². The van der Waals surface area contributed by atoms with Gasteiger partial charge in [-0.1, -0.05) is 0 Å². The molecule has 0 aliphatic rings. The van der Waals surface area contributed by atoms with E-state index in [2.05, 4.69) is 4.98 Å². The van der Waals surface area contributed by atoms with Gasteiger partial charge in [0.2, 0.25) is 0 Å². The Labute approximate surface area is 61.3 Å². The number of rotatable bonds is 2. The van der Waals surface area contributed by atoms with E-state index in [0.717, 1.165) is 11.3 Å². The van der Waals surface area contributed by atoms with Crippen LogP contribution >= 0.6 is 11.3 Å². The molecule has 52 valence electrons. The van der Waals surface area contributed by atoms with E-state index in [-0.39, 0.29) is 10.6 Å². The van der Waals surface area contributed by atoms with Gasteiger partial charge >= 0.3 is 7.12 Å². The molecular formula is C4H4BNO3S. The van der Waals surface area contributed by atoms with Crippen LogP contribution in [0.2, 0.25) is 0 Å². The standard InChI is InChI=1S/C4H4BNO3S/c7-1-4-6-3(2-10-4)5(8)9/h1-2,8-9H. The average Bonchev–Trinajstić information content (AvgIpc) is 2.34. The predicted octanol–water partition coefficient (Wildman–Crippen LogP) is -1.36. The average molecular weight is 157 g/mol. The third kappa shape index (κ3) is 1.41. The summed E-state index contributed by atoms with van der Waals surface area (Å²) in [6.07, 6.45) is 0.566. The highest BCUT2D eigenvalue weighted by Gasteiger charge is 2.14. The van der Waals surface area contributed by atoms with Gasteiger partial charge in [0.1, 0.15) is 0 Å². The predicted molar refractivity (Wildman–Crippen MR) is 37.3 cm³/mol. The molecule has 0 spiro atoms. The molecule has 0 fully saturated rings. The minimum Gasteiger partial charge on any atom is -0.422 e. The topological polar surface area (TPSA) is 70.4 Å². The first-order valence-electron chi connectivity index (χ1n) is 2.51. The molecule has 0 bridgehead atoms. The molecule has 0 atom stereocenters. The molecule has 1 aromatic rings. The maximum Gasteiger partial charge on any atom is 0.509 e. The Bertz CT molecular complexity index is 236. The summed E-state index contributed by atoms with van der Waals surface area (Å²) >= 11 is 1.08. The minimum atomic E-state index is -1.58. The number of aromatic nitrogens is 1. The molecule has 0 aromatic carbocycles. The molecule has 4 nitrogen and oxygen atoms in total. The van der Waals surface area contributed by atoms with Crippen molar-refractivity contribution < 1.29 is 14.8 Å². The van der Waals surface area contributed by atoms with Crippen LogP contribution in [0.25, 0.3) is 0 Å². The minimum absolute atomic E-state index is 0.118. The molecule has 2 N–H and O–H groups in total. The molecule has 0 radical (unpaired) electrons. The van der Waals surface area contributed by atoms with E-state index in [1.807, 2.05) is 0 Å². The zero-order chi connectivity index (χ0) is 7.56. The van der Waals surface area contributed by atoms with Gasteiger partial charge in [-0.2, -0.15) is 0 Å². The lowest BCUT2D eigenvalue weighted by atomic mass is 9.88. The molecular weight excluding hydrogens is 153 g/mol. The summed E-state index contributed by atoms with van der Waals surface area (Å²) in [5, 5.41) is 18.7. The molecule has 0 amide bonds. The van der Waals surface area contributed by atoms with E-state index in [1.165, 1.54) is 5.38 Å². The summed E-state index contributed by atoms with van der Waals surface area (Å²) in [5.74, 6) is 0. The zero-order valence-corrected chi connectivity index (χ0v) is 5.71. The van der Waals surface area contributed by atoms with Gasteiger partial charge in [-0.05, 0) is 0 Å². The normalized spacial score (nSPS) is 9.40. The Morgan fingerprint density at radius 2 is 2.40 bits per heavy atom. The Balaban J connectivity index is 2.88. The van der Waals surface area contributed by atoms with Gasteiger partial charge in [0.15, 0.2) is 11.3 Å². The highest BCUT2D eigenvalue weighted by atomic mass is 32.1. The van der Waals surface area contributed by atoms with E-state index in [1.54, 1.807) is 0 Å². The molecule has 1 rings (SSSR count). The fourth-order valence-corrected chi connectivity index (χ4v) is 1.10. The summed E-state index contributed by atoms with van der Waals surface area (Å²) in [7, 11) is -1.58. The van der Waals surface area contributed by atoms with Crippen LogP contribution in [0.4, 0.5) is 0 Å².